The first-order valence-electron chi connectivity index (χ1n) is 5.78. The van der Waals surface area contributed by atoms with Crippen molar-refractivity contribution in [3.63, 3.8) is 0 Å². The Morgan fingerprint density at radius 3 is 2.27 bits per heavy atom. The molecule has 0 saturated carbocycles. The van der Waals surface area contributed by atoms with E-state index in [2.05, 4.69) is 26.1 Å². The number of rotatable bonds is 3. The maximum atomic E-state index is 13.4. The molecule has 0 spiro atoms. The number of carboxylic acid groups (broad SMARTS) is 1. The molecule has 2 rings (SSSR count). The van der Waals surface area contributed by atoms with Crippen LogP contribution in [-0.2, 0) is 5.60 Å². The van der Waals surface area contributed by atoms with E-state index in [0.717, 1.165) is 18.3 Å². The normalized spacial score (nSPS) is 14.4. The van der Waals surface area contributed by atoms with Crippen LogP contribution in [0.4, 0.5) is 13.2 Å². The van der Waals surface area contributed by atoms with Gasteiger partial charge in [0.05, 0.1) is 11.8 Å². The van der Waals surface area contributed by atoms with Crippen molar-refractivity contribution in [1.29, 1.82) is 0 Å². The van der Waals surface area contributed by atoms with Gasteiger partial charge in [-0.15, -0.1) is 0 Å². The Morgan fingerprint density at radius 2 is 1.77 bits per heavy atom. The van der Waals surface area contributed by atoms with Crippen LogP contribution in [0.25, 0.3) is 0 Å². The number of aliphatic hydroxyl groups is 1. The zero-order valence-corrected chi connectivity index (χ0v) is 12.3. The summed E-state index contributed by atoms with van der Waals surface area (Å²) < 4.78 is 40.8. The molecule has 0 radical (unpaired) electrons. The molecule has 0 aliphatic carbocycles. The Kier molecular flexibility index (Phi) is 4.21. The summed E-state index contributed by atoms with van der Waals surface area (Å²) >= 11 is 3.08. The first-order valence-corrected chi connectivity index (χ1v) is 6.57. The van der Waals surface area contributed by atoms with Crippen LogP contribution in [0, 0.1) is 0 Å². The van der Waals surface area contributed by atoms with Crippen molar-refractivity contribution in [2.45, 2.75) is 11.8 Å². The topological polar surface area (TPSA) is 83.3 Å². The smallest absolute Gasteiger partial charge is 0.427 e. The number of hydrogen-bond acceptors (Lipinski definition) is 4. The summed E-state index contributed by atoms with van der Waals surface area (Å²) in [6.45, 7) is 0. The van der Waals surface area contributed by atoms with Crippen molar-refractivity contribution in [1.82, 2.24) is 10.2 Å². The van der Waals surface area contributed by atoms with Crippen molar-refractivity contribution < 1.29 is 28.2 Å². The number of aromatic carboxylic acids is 1. The van der Waals surface area contributed by atoms with Gasteiger partial charge in [0.1, 0.15) is 5.69 Å². The molecule has 0 aliphatic rings. The van der Waals surface area contributed by atoms with Crippen LogP contribution < -0.4 is 0 Å². The lowest BCUT2D eigenvalue weighted by Crippen LogP contribution is -2.44. The standard InChI is InChI=1S/C13H8BrF3N2O3/c14-9-3-1-8(2-4-9)12(22,13(15,16)17)10-5-7(11(20)21)6-18-19-10/h1-6,22H,(H,20,21). The average Bonchev–Trinajstić information content (AvgIpc) is 2.46. The fourth-order valence-corrected chi connectivity index (χ4v) is 2.07. The zero-order valence-electron chi connectivity index (χ0n) is 10.7. The quantitative estimate of drug-likeness (QED) is 0.860. The number of aromatic nitrogens is 2. The van der Waals surface area contributed by atoms with E-state index in [9.17, 15) is 23.1 Å². The Bertz CT molecular complexity index is 706. The summed E-state index contributed by atoms with van der Waals surface area (Å²) in [5.41, 5.74) is -5.39. The van der Waals surface area contributed by atoms with Gasteiger partial charge in [0, 0.05) is 4.47 Å². The summed E-state index contributed by atoms with van der Waals surface area (Å²) in [6, 6.07) is 5.41. The molecule has 1 unspecified atom stereocenters. The molecule has 0 fully saturated rings. The Labute approximate surface area is 130 Å². The lowest BCUT2D eigenvalue weighted by molar-refractivity contribution is -0.250. The third-order valence-electron chi connectivity index (χ3n) is 2.94. The number of alkyl halides is 3. The molecule has 9 heteroatoms. The Balaban J connectivity index is 2.67. The predicted octanol–water partition coefficient (Wildman–Crippen LogP) is 2.74. The van der Waals surface area contributed by atoms with E-state index in [1.54, 1.807) is 0 Å². The van der Waals surface area contributed by atoms with Gasteiger partial charge < -0.3 is 10.2 Å². The van der Waals surface area contributed by atoms with Gasteiger partial charge in [-0.2, -0.15) is 23.4 Å². The predicted molar refractivity (Wildman–Crippen MR) is 72.2 cm³/mol. The van der Waals surface area contributed by atoms with Crippen LogP contribution >= 0.6 is 15.9 Å². The zero-order chi connectivity index (χ0) is 16.5. The van der Waals surface area contributed by atoms with Crippen LogP contribution in [0.3, 0.4) is 0 Å². The second-order valence-corrected chi connectivity index (χ2v) is 5.27. The second kappa shape index (κ2) is 5.65. The number of benzene rings is 1. The van der Waals surface area contributed by atoms with Gasteiger partial charge in [0.2, 0.25) is 5.60 Å². The van der Waals surface area contributed by atoms with E-state index in [1.807, 2.05) is 0 Å². The van der Waals surface area contributed by atoms with Crippen molar-refractivity contribution in [3.8, 4) is 0 Å². The second-order valence-electron chi connectivity index (χ2n) is 4.35. The monoisotopic (exact) mass is 376 g/mol. The van der Waals surface area contributed by atoms with E-state index in [-0.39, 0.29) is 0 Å². The van der Waals surface area contributed by atoms with Gasteiger partial charge in [-0.3, -0.25) is 0 Å². The number of carboxylic acids is 1. The lowest BCUT2D eigenvalue weighted by Gasteiger charge is -2.30. The molecular weight excluding hydrogens is 369 g/mol. The summed E-state index contributed by atoms with van der Waals surface area (Å²) in [4.78, 5) is 10.9. The van der Waals surface area contributed by atoms with Crippen molar-refractivity contribution in [2.24, 2.45) is 0 Å². The molecule has 116 valence electrons. The van der Waals surface area contributed by atoms with Crippen molar-refractivity contribution in [2.75, 3.05) is 0 Å². The van der Waals surface area contributed by atoms with Crippen LogP contribution in [-0.4, -0.2) is 32.6 Å². The Morgan fingerprint density at radius 1 is 1.18 bits per heavy atom. The molecule has 1 aromatic carbocycles. The highest BCUT2D eigenvalue weighted by atomic mass is 79.9. The highest BCUT2D eigenvalue weighted by Gasteiger charge is 2.57. The average molecular weight is 377 g/mol. The summed E-state index contributed by atoms with van der Waals surface area (Å²) in [5.74, 6) is -1.48. The maximum Gasteiger partial charge on any atom is 0.427 e. The molecule has 22 heavy (non-hydrogen) atoms. The fourth-order valence-electron chi connectivity index (χ4n) is 1.81. The minimum atomic E-state index is -5.12. The molecule has 5 nitrogen and oxygen atoms in total. The number of halogens is 4. The molecule has 0 saturated heterocycles. The van der Waals surface area contributed by atoms with E-state index in [1.165, 1.54) is 12.1 Å². The van der Waals surface area contributed by atoms with Gasteiger partial charge >= 0.3 is 12.1 Å². The van der Waals surface area contributed by atoms with Crippen molar-refractivity contribution in [3.05, 3.63) is 57.8 Å². The van der Waals surface area contributed by atoms with E-state index < -0.39 is 34.6 Å². The van der Waals surface area contributed by atoms with E-state index >= 15 is 0 Å². The SMILES string of the molecule is O=C(O)c1cnnc(C(O)(c2ccc(Br)cc2)C(F)(F)F)c1. The summed E-state index contributed by atoms with van der Waals surface area (Å²) in [7, 11) is 0. The highest BCUT2D eigenvalue weighted by Crippen LogP contribution is 2.43. The number of hydrogen-bond donors (Lipinski definition) is 2. The highest BCUT2D eigenvalue weighted by molar-refractivity contribution is 9.10. The van der Waals surface area contributed by atoms with Crippen LogP contribution in [0.5, 0.6) is 0 Å². The van der Waals surface area contributed by atoms with Gasteiger partial charge in [-0.05, 0) is 23.8 Å². The lowest BCUT2D eigenvalue weighted by atomic mass is 9.89. The number of carbonyl (C=O) groups is 1. The first kappa shape index (κ1) is 16.4. The van der Waals surface area contributed by atoms with Crippen LogP contribution in [0.2, 0.25) is 0 Å². The molecule has 2 N–H and O–H groups in total. The molecule has 2 aromatic rings. The molecule has 0 bridgehead atoms. The summed E-state index contributed by atoms with van der Waals surface area (Å²) in [6.07, 6.45) is -4.32. The van der Waals surface area contributed by atoms with Gasteiger partial charge in [-0.25, -0.2) is 4.79 Å². The third kappa shape index (κ3) is 2.81. The van der Waals surface area contributed by atoms with Gasteiger partial charge in [0.25, 0.3) is 0 Å². The van der Waals surface area contributed by atoms with Crippen LogP contribution in [0.1, 0.15) is 21.6 Å². The largest absolute Gasteiger partial charge is 0.478 e. The van der Waals surface area contributed by atoms with Crippen LogP contribution in [0.15, 0.2) is 41.0 Å². The fraction of sp³-hybridized carbons (Fsp3) is 0.154. The van der Waals surface area contributed by atoms with E-state index in [0.29, 0.717) is 10.5 Å². The molecule has 1 aromatic heterocycles. The maximum absolute atomic E-state index is 13.4. The molecule has 1 heterocycles. The Hall–Kier alpha value is -2.00. The minimum Gasteiger partial charge on any atom is -0.478 e. The van der Waals surface area contributed by atoms with Gasteiger partial charge in [-0.1, -0.05) is 28.1 Å². The molecule has 0 amide bonds. The molecular formula is C13H8BrF3N2O3. The molecule has 0 aliphatic heterocycles. The molecule has 1 atom stereocenters. The van der Waals surface area contributed by atoms with Crippen molar-refractivity contribution >= 4 is 21.9 Å². The minimum absolute atomic E-state index is 0.500. The van der Waals surface area contributed by atoms with E-state index in [4.69, 9.17) is 5.11 Å². The first-order chi connectivity index (χ1) is 10.2. The third-order valence-corrected chi connectivity index (χ3v) is 3.47. The van der Waals surface area contributed by atoms with Gasteiger partial charge in [0.15, 0.2) is 0 Å². The summed E-state index contributed by atoms with van der Waals surface area (Å²) in [5, 5.41) is 25.6. The number of nitrogens with zero attached hydrogens (tertiary/aromatic N) is 2.